The van der Waals surface area contributed by atoms with Crippen LogP contribution in [0.25, 0.3) is 0 Å². The van der Waals surface area contributed by atoms with Crippen molar-refractivity contribution in [3.8, 4) is 0 Å². The second-order valence-corrected chi connectivity index (χ2v) is 16.2. The lowest BCUT2D eigenvalue weighted by Gasteiger charge is -2.47. The van der Waals surface area contributed by atoms with Crippen molar-refractivity contribution in [3.05, 3.63) is 47.5 Å². The predicted molar refractivity (Wildman–Crippen MR) is 190 cm³/mol. The molecule has 1 aromatic carbocycles. The third-order valence-corrected chi connectivity index (χ3v) is 10.7. The summed E-state index contributed by atoms with van der Waals surface area (Å²) in [4.78, 5) is 26.6. The minimum atomic E-state index is -1.76. The average Bonchev–Trinajstić information content (AvgIpc) is 3.61. The van der Waals surface area contributed by atoms with Gasteiger partial charge in [0.1, 0.15) is 55.4 Å². The number of carbonyl (C=O) groups excluding carboxylic acids is 2. The van der Waals surface area contributed by atoms with E-state index in [9.17, 15) is 35.1 Å². The summed E-state index contributed by atoms with van der Waals surface area (Å²) < 4.78 is 40.8. The number of carbonyl (C=O) groups is 2. The Labute approximate surface area is 312 Å². The third-order valence-electron chi connectivity index (χ3n) is 10.7. The molecule has 0 bridgehead atoms. The lowest BCUT2D eigenvalue weighted by molar-refractivity contribution is -0.281. The molecule has 14 heteroatoms. The number of esters is 2. The lowest BCUT2D eigenvalue weighted by atomic mass is 9.86. The van der Waals surface area contributed by atoms with Crippen LogP contribution in [0.5, 0.6) is 0 Å². The van der Waals surface area contributed by atoms with Crippen LogP contribution in [0.4, 0.5) is 0 Å². The number of benzene rings is 1. The van der Waals surface area contributed by atoms with Gasteiger partial charge in [0.2, 0.25) is 0 Å². The van der Waals surface area contributed by atoms with Gasteiger partial charge in [-0.3, -0.25) is 0 Å². The van der Waals surface area contributed by atoms with Gasteiger partial charge in [-0.1, -0.05) is 55.8 Å². The van der Waals surface area contributed by atoms with Crippen LogP contribution in [-0.2, 0) is 49.4 Å². The molecule has 4 rings (SSSR count). The number of hydrogen-bond donors (Lipinski definition) is 5. The summed E-state index contributed by atoms with van der Waals surface area (Å²) in [6.07, 6.45) is -12.8. The Bertz CT molecular complexity index is 1390. The zero-order chi connectivity index (χ0) is 39.5. The highest BCUT2D eigenvalue weighted by Crippen LogP contribution is 2.59. The van der Waals surface area contributed by atoms with Crippen molar-refractivity contribution in [1.82, 2.24) is 0 Å². The quantitative estimate of drug-likeness (QED) is 0.0931. The van der Waals surface area contributed by atoms with Crippen molar-refractivity contribution in [1.29, 1.82) is 0 Å². The summed E-state index contributed by atoms with van der Waals surface area (Å²) in [5.41, 5.74) is -0.635. The highest BCUT2D eigenvalue weighted by molar-refractivity contribution is 5.76. The van der Waals surface area contributed by atoms with Crippen LogP contribution in [0.3, 0.4) is 0 Å². The van der Waals surface area contributed by atoms with E-state index in [-0.39, 0.29) is 43.7 Å². The summed E-state index contributed by atoms with van der Waals surface area (Å²) >= 11 is 0. The van der Waals surface area contributed by atoms with Crippen LogP contribution in [0, 0.1) is 17.3 Å². The van der Waals surface area contributed by atoms with Gasteiger partial charge in [-0.25, -0.2) is 9.59 Å². The first kappa shape index (κ1) is 43.2. The van der Waals surface area contributed by atoms with Gasteiger partial charge in [0.15, 0.2) is 12.2 Å². The van der Waals surface area contributed by atoms with E-state index in [0.29, 0.717) is 12.2 Å². The normalized spacial score (nSPS) is 34.2. The lowest BCUT2D eigenvalue weighted by Crippen LogP contribution is -2.66. The Morgan fingerprint density at radius 1 is 0.774 bits per heavy atom. The Kier molecular flexibility index (Phi) is 14.3. The molecule has 7 unspecified atom stereocenters. The van der Waals surface area contributed by atoms with Crippen molar-refractivity contribution < 1.29 is 68.3 Å². The summed E-state index contributed by atoms with van der Waals surface area (Å²) in [6.45, 7) is 16.5. The van der Waals surface area contributed by atoms with E-state index < -0.39 is 84.2 Å². The number of aliphatic hydroxyl groups is 5. The summed E-state index contributed by atoms with van der Waals surface area (Å²) in [7, 11) is 0. The zero-order valence-electron chi connectivity index (χ0n) is 32.3. The number of ether oxygens (including phenoxy) is 7. The second-order valence-electron chi connectivity index (χ2n) is 16.2. The topological polar surface area (TPSA) is 200 Å². The van der Waals surface area contributed by atoms with Crippen molar-refractivity contribution in [2.75, 3.05) is 26.4 Å². The van der Waals surface area contributed by atoms with Gasteiger partial charge in [0, 0.05) is 12.5 Å². The van der Waals surface area contributed by atoms with E-state index in [1.165, 1.54) is 5.57 Å². The maximum absolute atomic E-state index is 13.6. The molecule has 1 aliphatic carbocycles. The van der Waals surface area contributed by atoms with Crippen LogP contribution >= 0.6 is 0 Å². The molecule has 2 heterocycles. The van der Waals surface area contributed by atoms with Crippen molar-refractivity contribution in [2.24, 2.45) is 17.3 Å². The number of aliphatic hydroxyl groups excluding tert-OH is 5. The van der Waals surface area contributed by atoms with Crippen LogP contribution in [-0.4, -0.2) is 136 Å². The monoisotopic (exact) mass is 752 g/mol. The SMILES string of the molecule is CCOC(C)(C)C1OC(C(=O)OCC2C(C=C(C)C)C2(C)C)[C@@H](OCCOC(C)(C)C2OC(C(=O)OCc3ccccc3)[C@@H](O)[C@H](O)C2O)[C@H](O)[C@@H]1O. The molecule has 3 fully saturated rings. The minimum Gasteiger partial charge on any atom is -0.463 e. The van der Waals surface area contributed by atoms with E-state index in [4.69, 9.17) is 33.2 Å². The Morgan fingerprint density at radius 2 is 1.34 bits per heavy atom. The number of hydrogen-bond acceptors (Lipinski definition) is 14. The smallest absolute Gasteiger partial charge is 0.338 e. The van der Waals surface area contributed by atoms with Gasteiger partial charge in [0.05, 0.1) is 31.0 Å². The van der Waals surface area contributed by atoms with Gasteiger partial charge < -0.3 is 58.7 Å². The predicted octanol–water partition coefficient (Wildman–Crippen LogP) is 1.85. The van der Waals surface area contributed by atoms with E-state index >= 15 is 0 Å². The Morgan fingerprint density at radius 3 is 1.94 bits per heavy atom. The molecule has 1 saturated carbocycles. The maximum Gasteiger partial charge on any atom is 0.338 e. The van der Waals surface area contributed by atoms with Crippen molar-refractivity contribution in [3.63, 3.8) is 0 Å². The van der Waals surface area contributed by atoms with E-state index in [1.54, 1.807) is 58.9 Å². The van der Waals surface area contributed by atoms with Crippen LogP contribution in [0.1, 0.15) is 67.9 Å². The summed E-state index contributed by atoms with van der Waals surface area (Å²) in [6, 6.07) is 8.88. The fourth-order valence-electron chi connectivity index (χ4n) is 7.35. The first-order valence-electron chi connectivity index (χ1n) is 18.4. The van der Waals surface area contributed by atoms with Crippen LogP contribution in [0.2, 0.25) is 0 Å². The highest BCUT2D eigenvalue weighted by atomic mass is 16.6. The molecule has 3 aliphatic rings. The molecule has 5 N–H and O–H groups in total. The zero-order valence-corrected chi connectivity index (χ0v) is 32.3. The number of rotatable bonds is 16. The highest BCUT2D eigenvalue weighted by Gasteiger charge is 2.58. The number of allylic oxidation sites excluding steroid dienone is 2. The van der Waals surface area contributed by atoms with Crippen LogP contribution < -0.4 is 0 Å². The molecule has 53 heavy (non-hydrogen) atoms. The second kappa shape index (κ2) is 17.5. The molecular weight excluding hydrogens is 692 g/mol. The van der Waals surface area contributed by atoms with Gasteiger partial charge in [-0.15, -0.1) is 0 Å². The fourth-order valence-corrected chi connectivity index (χ4v) is 7.35. The Hall–Kier alpha value is -2.50. The van der Waals surface area contributed by atoms with E-state index in [1.807, 2.05) is 19.9 Å². The summed E-state index contributed by atoms with van der Waals surface area (Å²) in [5.74, 6) is -1.35. The molecular formula is C39H60O14. The Balaban J connectivity index is 1.41. The van der Waals surface area contributed by atoms with Gasteiger partial charge in [-0.05, 0) is 65.4 Å². The molecule has 300 valence electrons. The minimum absolute atomic E-state index is 0.0630. The van der Waals surface area contributed by atoms with Crippen LogP contribution in [0.15, 0.2) is 42.0 Å². The molecule has 0 radical (unpaired) electrons. The largest absolute Gasteiger partial charge is 0.463 e. The first-order chi connectivity index (χ1) is 24.7. The molecule has 2 aliphatic heterocycles. The molecule has 1 aromatic rings. The standard InChI is InChI=1S/C39H60O14/c1-10-50-38(6,7)34-29(44)27(42)30(32(53-34)36(46)49-20-24-23(18-21(2)3)37(24,4)5)47-16-17-51-39(8,9)33-28(43)25(40)26(41)31(52-33)35(45)48-19-22-14-12-11-13-15-22/h11-15,18,23-34,40-44H,10,16-17,19-20H2,1-9H3/t23?,24?,25-,26-,27+,28?,29-,30-,31?,32?,33?,34?/m0/s1. The molecule has 14 nitrogen and oxygen atoms in total. The molecule has 0 amide bonds. The molecule has 0 spiro atoms. The maximum atomic E-state index is 13.6. The van der Waals surface area contributed by atoms with Gasteiger partial charge in [0.25, 0.3) is 0 Å². The average molecular weight is 753 g/mol. The van der Waals surface area contributed by atoms with Gasteiger partial charge >= 0.3 is 11.9 Å². The molecule has 12 atom stereocenters. The van der Waals surface area contributed by atoms with E-state index in [0.717, 1.165) is 0 Å². The fraction of sp³-hybridized carbons (Fsp3) is 0.744. The van der Waals surface area contributed by atoms with Crippen molar-refractivity contribution in [2.45, 2.75) is 141 Å². The molecule has 0 aromatic heterocycles. The summed E-state index contributed by atoms with van der Waals surface area (Å²) in [5, 5.41) is 54.5. The van der Waals surface area contributed by atoms with E-state index in [2.05, 4.69) is 19.9 Å². The molecule has 2 saturated heterocycles. The van der Waals surface area contributed by atoms with Gasteiger partial charge in [-0.2, -0.15) is 0 Å². The first-order valence-corrected chi connectivity index (χ1v) is 18.4. The third kappa shape index (κ3) is 10.0. The van der Waals surface area contributed by atoms with Crippen molar-refractivity contribution >= 4 is 11.9 Å².